The fourth-order valence-corrected chi connectivity index (χ4v) is 3.64. The van der Waals surface area contributed by atoms with E-state index in [2.05, 4.69) is 5.32 Å². The number of nitrogens with zero attached hydrogens (tertiary/aromatic N) is 1. The highest BCUT2D eigenvalue weighted by Gasteiger charge is 2.34. The lowest BCUT2D eigenvalue weighted by Crippen LogP contribution is -2.43. The van der Waals surface area contributed by atoms with Gasteiger partial charge in [-0.25, -0.2) is 0 Å². The van der Waals surface area contributed by atoms with Gasteiger partial charge in [0.1, 0.15) is 30.0 Å². The Morgan fingerprint density at radius 2 is 1.55 bits per heavy atom. The number of rotatable bonds is 7. The van der Waals surface area contributed by atoms with Gasteiger partial charge in [0.05, 0.1) is 31.4 Å². The molecule has 0 aliphatic carbocycles. The molecule has 3 aromatic rings. The van der Waals surface area contributed by atoms with Crippen LogP contribution in [-0.4, -0.2) is 32.6 Å². The first-order valence-corrected chi connectivity index (χ1v) is 10.4. The minimum absolute atomic E-state index is 0.105. The number of amides is 1. The van der Waals surface area contributed by atoms with Crippen LogP contribution in [0.15, 0.2) is 66.7 Å². The number of nitrogens with one attached hydrogen (secondary N) is 1. The van der Waals surface area contributed by atoms with E-state index in [9.17, 15) is 4.79 Å². The van der Waals surface area contributed by atoms with E-state index in [1.165, 1.54) is 0 Å². The summed E-state index contributed by atoms with van der Waals surface area (Å²) < 4.78 is 16.2. The zero-order valence-corrected chi connectivity index (χ0v) is 18.1. The minimum Gasteiger partial charge on any atom is -0.497 e. The highest BCUT2D eigenvalue weighted by Crippen LogP contribution is 2.38. The Bertz CT molecular complexity index is 1050. The number of methoxy groups -OCH3 is 2. The monoisotopic (exact) mass is 438 g/mol. The van der Waals surface area contributed by atoms with Crippen molar-refractivity contribution in [1.82, 2.24) is 0 Å². The van der Waals surface area contributed by atoms with Crippen LogP contribution in [0.25, 0.3) is 0 Å². The van der Waals surface area contributed by atoms with Gasteiger partial charge in [0, 0.05) is 11.8 Å². The normalized spacial score (nSPS) is 15.1. The Kier molecular flexibility index (Phi) is 6.18. The van der Waals surface area contributed by atoms with Crippen molar-refractivity contribution in [2.45, 2.75) is 6.17 Å². The Labute approximate surface area is 186 Å². The summed E-state index contributed by atoms with van der Waals surface area (Å²) in [5.41, 5.74) is 2.97. The summed E-state index contributed by atoms with van der Waals surface area (Å²) in [5, 5.41) is 3.49. The number of hydrogen-bond acceptors (Lipinski definition) is 5. The molecule has 1 heterocycles. The third-order valence-electron chi connectivity index (χ3n) is 5.12. The SMILES string of the molecule is COc1ccc(C2Nc3cc(OC)ccc3C(=O)N2c2ccc(OCCCl)cc2)cc1. The largest absolute Gasteiger partial charge is 0.497 e. The molecule has 7 heteroatoms. The smallest absolute Gasteiger partial charge is 0.262 e. The minimum atomic E-state index is -0.410. The van der Waals surface area contributed by atoms with E-state index in [4.69, 9.17) is 25.8 Å². The van der Waals surface area contributed by atoms with Gasteiger partial charge in [0.2, 0.25) is 0 Å². The van der Waals surface area contributed by atoms with Crippen LogP contribution < -0.4 is 24.4 Å². The van der Waals surface area contributed by atoms with Gasteiger partial charge < -0.3 is 19.5 Å². The molecule has 1 amide bonds. The van der Waals surface area contributed by atoms with Gasteiger partial charge in [-0.2, -0.15) is 0 Å². The maximum absolute atomic E-state index is 13.6. The zero-order valence-electron chi connectivity index (χ0n) is 17.3. The van der Waals surface area contributed by atoms with E-state index < -0.39 is 6.17 Å². The number of alkyl halides is 1. The second-order valence-electron chi connectivity index (χ2n) is 6.94. The molecule has 0 fully saturated rings. The molecule has 0 saturated carbocycles. The molecule has 31 heavy (non-hydrogen) atoms. The summed E-state index contributed by atoms with van der Waals surface area (Å²) >= 11 is 5.70. The molecular weight excluding hydrogens is 416 g/mol. The number of ether oxygens (including phenoxy) is 3. The van der Waals surface area contributed by atoms with Crippen molar-refractivity contribution >= 4 is 28.9 Å². The van der Waals surface area contributed by atoms with Crippen molar-refractivity contribution in [3.05, 3.63) is 77.9 Å². The molecule has 3 aromatic carbocycles. The third kappa shape index (κ3) is 4.25. The molecule has 0 bridgehead atoms. The average Bonchev–Trinajstić information content (AvgIpc) is 2.82. The maximum Gasteiger partial charge on any atom is 0.262 e. The maximum atomic E-state index is 13.6. The standard InChI is InChI=1S/C24H23ClN2O4/c1-29-18-7-3-16(4-8-18)23-26-22-15-20(30-2)11-12-21(22)24(28)27(23)17-5-9-19(10-6-17)31-14-13-25/h3-12,15,23,26H,13-14H2,1-2H3. The Hall–Kier alpha value is -3.38. The highest BCUT2D eigenvalue weighted by atomic mass is 35.5. The topological polar surface area (TPSA) is 60.0 Å². The predicted octanol–water partition coefficient (Wildman–Crippen LogP) is 5.09. The number of fused-ring (bicyclic) bond motifs is 1. The molecule has 0 radical (unpaired) electrons. The lowest BCUT2D eigenvalue weighted by atomic mass is 10.0. The summed E-state index contributed by atoms with van der Waals surface area (Å²) in [7, 11) is 3.23. The highest BCUT2D eigenvalue weighted by molar-refractivity contribution is 6.18. The van der Waals surface area contributed by atoms with Crippen LogP contribution in [-0.2, 0) is 0 Å². The van der Waals surface area contributed by atoms with Crippen molar-refractivity contribution in [3.8, 4) is 17.2 Å². The molecule has 0 saturated heterocycles. The lowest BCUT2D eigenvalue weighted by Gasteiger charge is -2.38. The van der Waals surface area contributed by atoms with Crippen LogP contribution >= 0.6 is 11.6 Å². The van der Waals surface area contributed by atoms with Crippen LogP contribution in [0, 0.1) is 0 Å². The van der Waals surface area contributed by atoms with E-state index in [-0.39, 0.29) is 5.91 Å². The molecule has 1 unspecified atom stereocenters. The fourth-order valence-electron chi connectivity index (χ4n) is 3.56. The van der Waals surface area contributed by atoms with Gasteiger partial charge >= 0.3 is 0 Å². The zero-order chi connectivity index (χ0) is 21.8. The molecule has 1 aliphatic heterocycles. The average molecular weight is 439 g/mol. The lowest BCUT2D eigenvalue weighted by molar-refractivity contribution is 0.0975. The van der Waals surface area contributed by atoms with E-state index >= 15 is 0 Å². The van der Waals surface area contributed by atoms with E-state index in [1.54, 1.807) is 31.3 Å². The van der Waals surface area contributed by atoms with Crippen molar-refractivity contribution < 1.29 is 19.0 Å². The van der Waals surface area contributed by atoms with Crippen LogP contribution in [0.4, 0.5) is 11.4 Å². The van der Waals surface area contributed by atoms with Crippen LogP contribution in [0.1, 0.15) is 22.1 Å². The summed E-state index contributed by atoms with van der Waals surface area (Å²) in [5.74, 6) is 2.44. The second-order valence-corrected chi connectivity index (χ2v) is 7.32. The van der Waals surface area contributed by atoms with E-state index in [0.717, 1.165) is 22.7 Å². The Morgan fingerprint density at radius 3 is 2.19 bits per heavy atom. The van der Waals surface area contributed by atoms with Gasteiger partial charge in [-0.3, -0.25) is 9.69 Å². The number of anilines is 2. The summed E-state index contributed by atoms with van der Waals surface area (Å²) in [6, 6.07) is 20.5. The van der Waals surface area contributed by atoms with Crippen LogP contribution in [0.2, 0.25) is 0 Å². The molecule has 1 aliphatic rings. The number of carbonyl (C=O) groups is 1. The number of halogens is 1. The Balaban J connectivity index is 1.75. The van der Waals surface area contributed by atoms with Gasteiger partial charge in [0.25, 0.3) is 5.91 Å². The summed E-state index contributed by atoms with van der Waals surface area (Å²) in [6.45, 7) is 0.425. The molecule has 160 valence electrons. The second kappa shape index (κ2) is 9.18. The van der Waals surface area contributed by atoms with Crippen molar-refractivity contribution in [1.29, 1.82) is 0 Å². The third-order valence-corrected chi connectivity index (χ3v) is 5.27. The van der Waals surface area contributed by atoms with E-state index in [0.29, 0.717) is 29.5 Å². The van der Waals surface area contributed by atoms with E-state index in [1.807, 2.05) is 54.6 Å². The fraction of sp³-hybridized carbons (Fsp3) is 0.208. The number of carbonyl (C=O) groups excluding carboxylic acids is 1. The molecule has 1 N–H and O–H groups in total. The van der Waals surface area contributed by atoms with Gasteiger partial charge in [0.15, 0.2) is 0 Å². The van der Waals surface area contributed by atoms with Crippen LogP contribution in [0.3, 0.4) is 0 Å². The molecule has 0 aromatic heterocycles. The first-order valence-electron chi connectivity index (χ1n) is 9.85. The van der Waals surface area contributed by atoms with Crippen molar-refractivity contribution in [2.24, 2.45) is 0 Å². The van der Waals surface area contributed by atoms with Gasteiger partial charge in [-0.15, -0.1) is 11.6 Å². The summed E-state index contributed by atoms with van der Waals surface area (Å²) in [6.07, 6.45) is -0.410. The number of benzene rings is 3. The van der Waals surface area contributed by atoms with Crippen molar-refractivity contribution in [3.63, 3.8) is 0 Å². The first kappa shape index (κ1) is 20.9. The van der Waals surface area contributed by atoms with Gasteiger partial charge in [-0.05, 0) is 54.1 Å². The first-order chi connectivity index (χ1) is 15.1. The predicted molar refractivity (Wildman–Crippen MR) is 122 cm³/mol. The molecule has 6 nitrogen and oxygen atoms in total. The molecular formula is C24H23ClN2O4. The number of hydrogen-bond donors (Lipinski definition) is 1. The van der Waals surface area contributed by atoms with Gasteiger partial charge in [-0.1, -0.05) is 12.1 Å². The van der Waals surface area contributed by atoms with Crippen LogP contribution in [0.5, 0.6) is 17.2 Å². The molecule has 4 rings (SSSR count). The Morgan fingerprint density at radius 1 is 0.903 bits per heavy atom. The molecule has 0 spiro atoms. The quantitative estimate of drug-likeness (QED) is 0.520. The molecule has 1 atom stereocenters. The summed E-state index contributed by atoms with van der Waals surface area (Å²) in [4.78, 5) is 15.3. The van der Waals surface area contributed by atoms with Crippen molar-refractivity contribution in [2.75, 3.05) is 36.9 Å².